The highest BCUT2D eigenvalue weighted by Crippen LogP contribution is 2.26. The minimum absolute atomic E-state index is 0.220. The van der Waals surface area contributed by atoms with Crippen LogP contribution in [0.2, 0.25) is 0 Å². The smallest absolute Gasteiger partial charge is 0.203 e. The fourth-order valence-electron chi connectivity index (χ4n) is 1.68. The van der Waals surface area contributed by atoms with Crippen LogP contribution >= 0.6 is 0 Å². The highest BCUT2D eigenvalue weighted by molar-refractivity contribution is 5.17. The molecule has 0 spiro atoms. The van der Waals surface area contributed by atoms with Gasteiger partial charge in [-0.25, -0.2) is 8.78 Å². The molecule has 0 radical (unpaired) electrons. The van der Waals surface area contributed by atoms with Crippen LogP contribution in [0.3, 0.4) is 0 Å². The Morgan fingerprint density at radius 2 is 2.07 bits per heavy atom. The van der Waals surface area contributed by atoms with E-state index in [1.165, 1.54) is 6.07 Å². The summed E-state index contributed by atoms with van der Waals surface area (Å²) in [5, 5.41) is 7.04. The Morgan fingerprint density at radius 3 is 2.60 bits per heavy atom. The zero-order valence-corrected chi connectivity index (χ0v) is 9.08. The molecule has 1 aromatic rings. The number of alkyl halides is 2. The summed E-state index contributed by atoms with van der Waals surface area (Å²) < 4.78 is 24.8. The van der Waals surface area contributed by atoms with Gasteiger partial charge in [-0.3, -0.25) is 0 Å². The van der Waals surface area contributed by atoms with Crippen LogP contribution in [0.5, 0.6) is 0 Å². The van der Waals surface area contributed by atoms with Gasteiger partial charge in [-0.1, -0.05) is 20.3 Å². The molecule has 1 unspecified atom stereocenters. The lowest BCUT2D eigenvalue weighted by Crippen LogP contribution is -2.01. The first-order valence-corrected chi connectivity index (χ1v) is 5.29. The lowest BCUT2D eigenvalue weighted by molar-refractivity contribution is 0.144. The molecule has 0 bridgehead atoms. The van der Waals surface area contributed by atoms with E-state index in [2.05, 4.69) is 24.0 Å². The van der Waals surface area contributed by atoms with Gasteiger partial charge in [0.25, 0.3) is 6.43 Å². The van der Waals surface area contributed by atoms with Gasteiger partial charge in [0.05, 0.1) is 6.20 Å². The van der Waals surface area contributed by atoms with Gasteiger partial charge in [-0.2, -0.15) is 5.10 Å². The summed E-state index contributed by atoms with van der Waals surface area (Å²) in [6.45, 7) is 4.15. The lowest BCUT2D eigenvalue weighted by atomic mass is 9.93. The summed E-state index contributed by atoms with van der Waals surface area (Å²) in [4.78, 5) is 0. The first kappa shape index (κ1) is 12.0. The van der Waals surface area contributed by atoms with Gasteiger partial charge < -0.3 is 0 Å². The van der Waals surface area contributed by atoms with Crippen LogP contribution in [0.1, 0.15) is 56.7 Å². The highest BCUT2D eigenvalue weighted by Gasteiger charge is 2.14. The summed E-state index contributed by atoms with van der Waals surface area (Å²) in [6, 6.07) is 1.47. The molecule has 84 valence electrons. The monoisotopic (exact) mass is 214 g/mol. The second-order valence-corrected chi connectivity index (χ2v) is 3.61. The van der Waals surface area contributed by atoms with Gasteiger partial charge in [0.2, 0.25) is 0 Å². The molecule has 0 amide bonds. The fourth-order valence-corrected chi connectivity index (χ4v) is 1.68. The molecule has 0 saturated heterocycles. The van der Waals surface area contributed by atoms with Crippen LogP contribution in [0, 0.1) is 0 Å². The van der Waals surface area contributed by atoms with Crippen LogP contribution in [0.4, 0.5) is 8.78 Å². The summed E-state index contributed by atoms with van der Waals surface area (Å²) in [5.41, 5.74) is 0.659. The van der Waals surface area contributed by atoms with Gasteiger partial charge in [0.1, 0.15) is 5.69 Å². The quantitative estimate of drug-likeness (QED) is 0.746. The Kier molecular flexibility index (Phi) is 4.59. The van der Waals surface area contributed by atoms with E-state index >= 15 is 0 Å². The third-order valence-corrected chi connectivity index (χ3v) is 2.52. The molecule has 0 aliphatic heterocycles. The number of aromatic nitrogens is 2. The Morgan fingerprint density at radius 1 is 1.33 bits per heavy atom. The third-order valence-electron chi connectivity index (χ3n) is 2.52. The van der Waals surface area contributed by atoms with Crippen molar-refractivity contribution in [3.8, 4) is 0 Å². The van der Waals surface area contributed by atoms with E-state index in [0.29, 0.717) is 5.92 Å². The lowest BCUT2D eigenvalue weighted by Gasteiger charge is -2.13. The molecule has 0 fully saturated rings. The first-order chi connectivity index (χ1) is 7.19. The molecule has 1 atom stereocenters. The van der Waals surface area contributed by atoms with Crippen LogP contribution < -0.4 is 0 Å². The SMILES string of the molecule is CCCC(CC)c1cnnc(C(F)F)c1. The first-order valence-electron chi connectivity index (χ1n) is 5.29. The maximum absolute atomic E-state index is 12.4. The average molecular weight is 214 g/mol. The van der Waals surface area contributed by atoms with E-state index in [1.807, 2.05) is 0 Å². The minimum atomic E-state index is -2.53. The standard InChI is InChI=1S/C11H16F2N2/c1-3-5-8(4-2)9-6-10(11(12)13)15-14-7-9/h6-8,11H,3-5H2,1-2H3. The summed E-state index contributed by atoms with van der Waals surface area (Å²) >= 11 is 0. The van der Waals surface area contributed by atoms with Gasteiger partial charge in [0, 0.05) is 0 Å². The van der Waals surface area contributed by atoms with E-state index in [-0.39, 0.29) is 5.69 Å². The average Bonchev–Trinajstić information content (AvgIpc) is 2.26. The zero-order chi connectivity index (χ0) is 11.3. The Bertz CT molecular complexity index is 302. The molecule has 1 rings (SSSR count). The molecule has 0 saturated carbocycles. The van der Waals surface area contributed by atoms with Crippen molar-refractivity contribution >= 4 is 0 Å². The molecule has 0 N–H and O–H groups in total. The Hall–Kier alpha value is -1.06. The van der Waals surface area contributed by atoms with Crippen molar-refractivity contribution in [2.45, 2.75) is 45.5 Å². The van der Waals surface area contributed by atoms with Crippen molar-refractivity contribution < 1.29 is 8.78 Å². The number of rotatable bonds is 5. The van der Waals surface area contributed by atoms with E-state index in [0.717, 1.165) is 24.8 Å². The summed E-state index contributed by atoms with van der Waals surface area (Å²) in [5.74, 6) is 0.322. The van der Waals surface area contributed by atoms with Crippen molar-refractivity contribution in [2.24, 2.45) is 0 Å². The van der Waals surface area contributed by atoms with Crippen LogP contribution in [0.25, 0.3) is 0 Å². The van der Waals surface area contributed by atoms with E-state index in [1.54, 1.807) is 6.20 Å². The predicted molar refractivity (Wildman–Crippen MR) is 54.9 cm³/mol. The number of halogens is 2. The van der Waals surface area contributed by atoms with E-state index < -0.39 is 6.43 Å². The van der Waals surface area contributed by atoms with Crippen molar-refractivity contribution in [1.82, 2.24) is 10.2 Å². The number of hydrogen-bond acceptors (Lipinski definition) is 2. The largest absolute Gasteiger partial charge is 0.282 e. The molecular formula is C11H16F2N2. The van der Waals surface area contributed by atoms with Crippen molar-refractivity contribution in [3.05, 3.63) is 23.5 Å². The highest BCUT2D eigenvalue weighted by atomic mass is 19.3. The molecule has 15 heavy (non-hydrogen) atoms. The fraction of sp³-hybridized carbons (Fsp3) is 0.636. The molecule has 0 aliphatic rings. The third kappa shape index (κ3) is 3.22. The summed E-state index contributed by atoms with van der Waals surface area (Å²) in [6.07, 6.45) is 2.06. The Labute approximate surface area is 88.7 Å². The summed E-state index contributed by atoms with van der Waals surface area (Å²) in [7, 11) is 0. The molecule has 4 heteroatoms. The van der Waals surface area contributed by atoms with Crippen molar-refractivity contribution in [1.29, 1.82) is 0 Å². The van der Waals surface area contributed by atoms with Gasteiger partial charge in [-0.05, 0) is 30.4 Å². The maximum Gasteiger partial charge on any atom is 0.282 e. The Balaban J connectivity index is 2.87. The second kappa shape index (κ2) is 5.73. The van der Waals surface area contributed by atoms with Crippen LogP contribution in [-0.4, -0.2) is 10.2 Å². The van der Waals surface area contributed by atoms with Crippen LogP contribution in [-0.2, 0) is 0 Å². The maximum atomic E-state index is 12.4. The normalized spacial score (nSPS) is 13.1. The van der Waals surface area contributed by atoms with Gasteiger partial charge >= 0.3 is 0 Å². The molecule has 0 aromatic carbocycles. The zero-order valence-electron chi connectivity index (χ0n) is 9.08. The van der Waals surface area contributed by atoms with Gasteiger partial charge in [0.15, 0.2) is 0 Å². The molecule has 1 aromatic heterocycles. The van der Waals surface area contributed by atoms with Crippen molar-refractivity contribution in [3.63, 3.8) is 0 Å². The topological polar surface area (TPSA) is 25.8 Å². The van der Waals surface area contributed by atoms with Crippen molar-refractivity contribution in [2.75, 3.05) is 0 Å². The number of hydrogen-bond donors (Lipinski definition) is 0. The number of nitrogens with zero attached hydrogens (tertiary/aromatic N) is 2. The molecule has 0 aliphatic carbocycles. The molecule has 1 heterocycles. The second-order valence-electron chi connectivity index (χ2n) is 3.61. The predicted octanol–water partition coefficient (Wildman–Crippen LogP) is 3.71. The van der Waals surface area contributed by atoms with E-state index in [4.69, 9.17) is 0 Å². The van der Waals surface area contributed by atoms with Crippen LogP contribution in [0.15, 0.2) is 12.3 Å². The molecule has 2 nitrogen and oxygen atoms in total. The molecular weight excluding hydrogens is 198 g/mol. The van der Waals surface area contributed by atoms with E-state index in [9.17, 15) is 8.78 Å². The van der Waals surface area contributed by atoms with Gasteiger partial charge in [-0.15, -0.1) is 5.10 Å². The minimum Gasteiger partial charge on any atom is -0.203 e.